The van der Waals surface area contributed by atoms with Crippen molar-refractivity contribution in [2.45, 2.75) is 18.5 Å². The minimum atomic E-state index is -1.04. The zero-order valence-corrected chi connectivity index (χ0v) is 8.82. The summed E-state index contributed by atoms with van der Waals surface area (Å²) in [6.45, 7) is 2.98. The van der Waals surface area contributed by atoms with Gasteiger partial charge in [-0.2, -0.15) is 0 Å². The van der Waals surface area contributed by atoms with Crippen molar-refractivity contribution in [1.29, 1.82) is 0 Å². The van der Waals surface area contributed by atoms with E-state index in [1.807, 2.05) is 0 Å². The molecule has 1 radical (unpaired) electrons. The van der Waals surface area contributed by atoms with Crippen LogP contribution in [0.25, 0.3) is 0 Å². The van der Waals surface area contributed by atoms with Crippen molar-refractivity contribution in [2.24, 2.45) is 0 Å². The topological polar surface area (TPSA) is 49.5 Å². The lowest BCUT2D eigenvalue weighted by molar-refractivity contribution is -0.354. The first-order valence-electron chi connectivity index (χ1n) is 4.46. The summed E-state index contributed by atoms with van der Waals surface area (Å²) in [6, 6.07) is 0. The second-order valence-electron chi connectivity index (χ2n) is 2.95. The molecule has 5 heteroatoms. The van der Waals surface area contributed by atoms with Gasteiger partial charge in [0.25, 0.3) is 5.97 Å². The van der Waals surface area contributed by atoms with E-state index in [-0.39, 0.29) is 6.10 Å². The maximum Gasteiger partial charge on any atom is 0.284 e. The van der Waals surface area contributed by atoms with E-state index in [2.05, 4.69) is 0 Å². The molecular formula is C9H17O5. The molecule has 1 rings (SSSR count). The lowest BCUT2D eigenvalue weighted by Gasteiger charge is -2.28. The summed E-state index contributed by atoms with van der Waals surface area (Å²) in [5.74, 6) is -1.04. The molecule has 0 aliphatic carbocycles. The van der Waals surface area contributed by atoms with Gasteiger partial charge in [0.1, 0.15) is 6.10 Å². The molecule has 83 valence electrons. The molecule has 0 bridgehead atoms. The first kappa shape index (κ1) is 11.9. The van der Waals surface area contributed by atoms with Gasteiger partial charge in [-0.3, -0.25) is 0 Å². The minimum Gasteiger partial charge on any atom is -0.372 e. The van der Waals surface area contributed by atoms with Crippen LogP contribution < -0.4 is 0 Å². The van der Waals surface area contributed by atoms with Crippen molar-refractivity contribution in [3.63, 3.8) is 0 Å². The molecule has 1 aliphatic rings. The third-order valence-electron chi connectivity index (χ3n) is 2.07. The lowest BCUT2D eigenvalue weighted by atomic mass is 10.4. The Morgan fingerprint density at radius 1 is 1.29 bits per heavy atom. The number of ether oxygens (including phenoxy) is 5. The fourth-order valence-electron chi connectivity index (χ4n) is 1.00. The Hall–Kier alpha value is -0.200. The first-order chi connectivity index (χ1) is 6.76. The van der Waals surface area contributed by atoms with Crippen LogP contribution in [0.15, 0.2) is 0 Å². The number of rotatable bonds is 8. The van der Waals surface area contributed by atoms with Gasteiger partial charge in [0.05, 0.1) is 26.2 Å². The fraction of sp³-hybridized carbons (Fsp3) is 0.889. The highest BCUT2D eigenvalue weighted by atomic mass is 16.9. The standard InChI is InChI=1S/C9H17O5/c1-10-9(11-2,12-3)4-5-13-6-8-7-14-8/h5,8H,4,6-7H2,1-3H3. The maximum atomic E-state index is 5.23. The molecule has 1 aliphatic heterocycles. The van der Waals surface area contributed by atoms with E-state index in [4.69, 9.17) is 23.7 Å². The number of methoxy groups -OCH3 is 3. The SMILES string of the molecule is COC(C[CH]OCC1CO1)(OC)OC. The van der Waals surface area contributed by atoms with Crippen LogP contribution >= 0.6 is 0 Å². The lowest BCUT2D eigenvalue weighted by Crippen LogP contribution is -2.36. The largest absolute Gasteiger partial charge is 0.372 e. The van der Waals surface area contributed by atoms with Crippen LogP contribution in [0.3, 0.4) is 0 Å². The zero-order chi connectivity index (χ0) is 10.4. The molecule has 0 N–H and O–H groups in total. The van der Waals surface area contributed by atoms with Crippen molar-refractivity contribution >= 4 is 0 Å². The first-order valence-corrected chi connectivity index (χ1v) is 4.46. The molecule has 5 nitrogen and oxygen atoms in total. The summed E-state index contributed by atoms with van der Waals surface area (Å²) < 4.78 is 25.4. The second kappa shape index (κ2) is 5.63. The van der Waals surface area contributed by atoms with Crippen LogP contribution in [-0.4, -0.2) is 46.6 Å². The highest BCUT2D eigenvalue weighted by Crippen LogP contribution is 2.19. The van der Waals surface area contributed by atoms with Gasteiger partial charge in [0.2, 0.25) is 0 Å². The Morgan fingerprint density at radius 3 is 2.29 bits per heavy atom. The van der Waals surface area contributed by atoms with Gasteiger partial charge in [0.15, 0.2) is 0 Å². The van der Waals surface area contributed by atoms with E-state index >= 15 is 0 Å². The maximum absolute atomic E-state index is 5.23. The van der Waals surface area contributed by atoms with Crippen molar-refractivity contribution in [3.05, 3.63) is 6.61 Å². The van der Waals surface area contributed by atoms with E-state index in [0.29, 0.717) is 13.0 Å². The van der Waals surface area contributed by atoms with Crippen molar-refractivity contribution < 1.29 is 23.7 Å². The quantitative estimate of drug-likeness (QED) is 0.329. The second-order valence-corrected chi connectivity index (χ2v) is 2.95. The van der Waals surface area contributed by atoms with Gasteiger partial charge in [-0.05, 0) is 0 Å². The molecule has 1 atom stereocenters. The summed E-state index contributed by atoms with van der Waals surface area (Å²) in [5, 5.41) is 0. The highest BCUT2D eigenvalue weighted by molar-refractivity contribution is 4.70. The van der Waals surface area contributed by atoms with Crippen LogP contribution in [-0.2, 0) is 23.7 Å². The molecule has 0 amide bonds. The summed E-state index contributed by atoms with van der Waals surface area (Å²) in [4.78, 5) is 0. The fourth-order valence-corrected chi connectivity index (χ4v) is 1.00. The van der Waals surface area contributed by atoms with Crippen molar-refractivity contribution in [3.8, 4) is 0 Å². The number of hydrogen-bond donors (Lipinski definition) is 0. The van der Waals surface area contributed by atoms with Crippen LogP contribution in [0.4, 0.5) is 0 Å². The zero-order valence-electron chi connectivity index (χ0n) is 8.82. The molecule has 1 saturated heterocycles. The Kier molecular flexibility index (Phi) is 4.77. The van der Waals surface area contributed by atoms with Crippen molar-refractivity contribution in [2.75, 3.05) is 34.5 Å². The van der Waals surface area contributed by atoms with Crippen LogP contribution in [0.1, 0.15) is 6.42 Å². The van der Waals surface area contributed by atoms with Gasteiger partial charge in [0, 0.05) is 21.3 Å². The van der Waals surface area contributed by atoms with E-state index in [1.165, 1.54) is 21.3 Å². The van der Waals surface area contributed by atoms with Gasteiger partial charge >= 0.3 is 0 Å². The van der Waals surface area contributed by atoms with Gasteiger partial charge in [-0.15, -0.1) is 0 Å². The predicted molar refractivity (Wildman–Crippen MR) is 48.4 cm³/mol. The Bertz CT molecular complexity index is 145. The van der Waals surface area contributed by atoms with E-state index in [1.54, 1.807) is 6.61 Å². The Morgan fingerprint density at radius 2 is 1.86 bits per heavy atom. The third kappa shape index (κ3) is 3.51. The molecule has 0 aromatic rings. The highest BCUT2D eigenvalue weighted by Gasteiger charge is 2.30. The molecule has 0 spiro atoms. The molecule has 14 heavy (non-hydrogen) atoms. The van der Waals surface area contributed by atoms with E-state index in [9.17, 15) is 0 Å². The predicted octanol–water partition coefficient (Wildman–Crippen LogP) is 0.547. The van der Waals surface area contributed by atoms with Crippen LogP contribution in [0.5, 0.6) is 0 Å². The monoisotopic (exact) mass is 205 g/mol. The van der Waals surface area contributed by atoms with E-state index in [0.717, 1.165) is 6.61 Å². The van der Waals surface area contributed by atoms with Gasteiger partial charge in [-0.25, -0.2) is 0 Å². The average molecular weight is 205 g/mol. The molecule has 0 aromatic carbocycles. The van der Waals surface area contributed by atoms with Crippen LogP contribution in [0, 0.1) is 6.61 Å². The third-order valence-corrected chi connectivity index (χ3v) is 2.07. The normalized spacial score (nSPS) is 21.2. The minimum absolute atomic E-state index is 0.258. The molecule has 0 saturated carbocycles. The molecular weight excluding hydrogens is 188 g/mol. The van der Waals surface area contributed by atoms with Gasteiger partial charge < -0.3 is 23.7 Å². The molecule has 0 aromatic heterocycles. The summed E-state index contributed by atoms with van der Waals surface area (Å²) in [5.41, 5.74) is 0. The van der Waals surface area contributed by atoms with E-state index < -0.39 is 5.97 Å². The molecule has 1 unspecified atom stereocenters. The average Bonchev–Trinajstić information content (AvgIpc) is 3.03. The smallest absolute Gasteiger partial charge is 0.284 e. The Balaban J connectivity index is 2.11. The van der Waals surface area contributed by atoms with Gasteiger partial charge in [-0.1, -0.05) is 0 Å². The number of epoxide rings is 1. The molecule has 1 heterocycles. The van der Waals surface area contributed by atoms with Crippen molar-refractivity contribution in [1.82, 2.24) is 0 Å². The molecule has 1 fully saturated rings. The summed E-state index contributed by atoms with van der Waals surface area (Å²) >= 11 is 0. The summed E-state index contributed by atoms with van der Waals surface area (Å²) in [7, 11) is 4.56. The van der Waals surface area contributed by atoms with Crippen LogP contribution in [0.2, 0.25) is 0 Å². The number of hydrogen-bond acceptors (Lipinski definition) is 5. The Labute approximate surface area is 84.2 Å². The summed E-state index contributed by atoms with van der Waals surface area (Å²) in [6.07, 6.45) is 0.664.